The van der Waals surface area contributed by atoms with Gasteiger partial charge in [0.2, 0.25) is 0 Å². The Balaban J connectivity index is 2.82. The van der Waals surface area contributed by atoms with E-state index >= 15 is 0 Å². The van der Waals surface area contributed by atoms with Gasteiger partial charge >= 0.3 is 5.97 Å². The molecule has 0 aliphatic heterocycles. The lowest BCUT2D eigenvalue weighted by Crippen LogP contribution is -2.25. The summed E-state index contributed by atoms with van der Waals surface area (Å²) in [6, 6.07) is 0.972. The average Bonchev–Trinajstić information content (AvgIpc) is 2.25. The van der Waals surface area contributed by atoms with Crippen molar-refractivity contribution in [2.24, 2.45) is 11.3 Å². The van der Waals surface area contributed by atoms with Crippen molar-refractivity contribution in [1.82, 2.24) is 4.98 Å². The van der Waals surface area contributed by atoms with Crippen LogP contribution < -0.4 is 5.32 Å². The standard InChI is InChI=1S/C13H19FN2O2/c1-8(13(2,3)4)6-15-11-10(12(17)18)5-9(14)7-16-11/h5,7-8H,6H2,1-4H3,(H,15,16)(H,17,18). The molecule has 1 aromatic heterocycles. The molecule has 0 fully saturated rings. The number of hydrogen-bond donors (Lipinski definition) is 2. The van der Waals surface area contributed by atoms with Gasteiger partial charge in [0.1, 0.15) is 17.2 Å². The fraction of sp³-hybridized carbons (Fsp3) is 0.538. The SMILES string of the molecule is CC(CNc1ncc(F)cc1C(=O)O)C(C)(C)C. The second-order valence-electron chi connectivity index (χ2n) is 5.50. The maximum absolute atomic E-state index is 12.9. The summed E-state index contributed by atoms with van der Waals surface area (Å²) in [7, 11) is 0. The quantitative estimate of drug-likeness (QED) is 0.867. The van der Waals surface area contributed by atoms with E-state index in [1.807, 2.05) is 0 Å². The molecule has 100 valence electrons. The first-order valence-corrected chi connectivity index (χ1v) is 5.84. The summed E-state index contributed by atoms with van der Waals surface area (Å²) in [5.41, 5.74) is -0.0349. The predicted octanol–water partition coefficient (Wildman–Crippen LogP) is 3.01. The predicted molar refractivity (Wildman–Crippen MR) is 68.3 cm³/mol. The van der Waals surface area contributed by atoms with Crippen LogP contribution in [0.25, 0.3) is 0 Å². The van der Waals surface area contributed by atoms with Crippen molar-refractivity contribution in [2.45, 2.75) is 27.7 Å². The number of aromatic nitrogens is 1. The number of nitrogens with zero attached hydrogens (tertiary/aromatic N) is 1. The monoisotopic (exact) mass is 254 g/mol. The van der Waals surface area contributed by atoms with Crippen molar-refractivity contribution < 1.29 is 14.3 Å². The first kappa shape index (κ1) is 14.4. The number of nitrogens with one attached hydrogen (secondary N) is 1. The minimum Gasteiger partial charge on any atom is -0.478 e. The van der Waals surface area contributed by atoms with Crippen molar-refractivity contribution in [2.75, 3.05) is 11.9 Å². The number of carboxylic acids is 1. The molecule has 4 nitrogen and oxygen atoms in total. The summed E-state index contributed by atoms with van der Waals surface area (Å²) < 4.78 is 12.9. The highest BCUT2D eigenvalue weighted by Gasteiger charge is 2.21. The lowest BCUT2D eigenvalue weighted by atomic mass is 9.82. The first-order chi connectivity index (χ1) is 8.21. The Bertz CT molecular complexity index is 441. The molecule has 0 aliphatic rings. The number of anilines is 1. The van der Waals surface area contributed by atoms with Crippen LogP contribution in [-0.4, -0.2) is 22.6 Å². The molecule has 0 aromatic carbocycles. The van der Waals surface area contributed by atoms with E-state index < -0.39 is 11.8 Å². The van der Waals surface area contributed by atoms with E-state index in [1.165, 1.54) is 0 Å². The molecule has 0 aliphatic carbocycles. The smallest absolute Gasteiger partial charge is 0.339 e. The normalized spacial score (nSPS) is 13.2. The molecule has 0 spiro atoms. The van der Waals surface area contributed by atoms with E-state index in [2.05, 4.69) is 38.0 Å². The Hall–Kier alpha value is -1.65. The fourth-order valence-corrected chi connectivity index (χ4v) is 1.30. The van der Waals surface area contributed by atoms with E-state index in [1.54, 1.807) is 0 Å². The molecule has 1 rings (SSSR count). The van der Waals surface area contributed by atoms with Crippen LogP contribution in [-0.2, 0) is 0 Å². The molecule has 1 heterocycles. The Morgan fingerprint density at radius 3 is 2.67 bits per heavy atom. The third kappa shape index (κ3) is 3.68. The highest BCUT2D eigenvalue weighted by atomic mass is 19.1. The van der Waals surface area contributed by atoms with Gasteiger partial charge < -0.3 is 10.4 Å². The van der Waals surface area contributed by atoms with Crippen LogP contribution in [0.2, 0.25) is 0 Å². The van der Waals surface area contributed by atoms with Crippen molar-refractivity contribution in [3.8, 4) is 0 Å². The van der Waals surface area contributed by atoms with Gasteiger partial charge in [-0.3, -0.25) is 0 Å². The molecular formula is C13H19FN2O2. The highest BCUT2D eigenvalue weighted by Crippen LogP contribution is 2.25. The zero-order chi connectivity index (χ0) is 13.9. The average molecular weight is 254 g/mol. The summed E-state index contributed by atoms with van der Waals surface area (Å²) in [6.45, 7) is 8.97. The minimum atomic E-state index is -1.19. The van der Waals surface area contributed by atoms with Crippen LogP contribution >= 0.6 is 0 Å². The van der Waals surface area contributed by atoms with Crippen LogP contribution in [0.3, 0.4) is 0 Å². The molecule has 5 heteroatoms. The maximum atomic E-state index is 12.9. The van der Waals surface area contributed by atoms with Gasteiger partial charge in [-0.2, -0.15) is 0 Å². The number of carbonyl (C=O) groups is 1. The molecular weight excluding hydrogens is 235 g/mol. The molecule has 1 unspecified atom stereocenters. The number of carboxylic acid groups (broad SMARTS) is 1. The molecule has 1 aromatic rings. The van der Waals surface area contributed by atoms with Gasteiger partial charge in [0, 0.05) is 6.54 Å². The fourth-order valence-electron chi connectivity index (χ4n) is 1.30. The van der Waals surface area contributed by atoms with E-state index in [0.29, 0.717) is 12.5 Å². The van der Waals surface area contributed by atoms with E-state index in [4.69, 9.17) is 5.11 Å². The molecule has 1 atom stereocenters. The molecule has 18 heavy (non-hydrogen) atoms. The largest absolute Gasteiger partial charge is 0.478 e. The minimum absolute atomic E-state index is 0.108. The Labute approximate surface area is 106 Å². The molecule has 2 N–H and O–H groups in total. The lowest BCUT2D eigenvalue weighted by Gasteiger charge is -2.27. The van der Waals surface area contributed by atoms with Crippen LogP contribution in [0.1, 0.15) is 38.1 Å². The Kier molecular flexibility index (Phi) is 4.27. The Morgan fingerprint density at radius 1 is 1.56 bits per heavy atom. The van der Waals surface area contributed by atoms with Crippen molar-refractivity contribution >= 4 is 11.8 Å². The van der Waals surface area contributed by atoms with Crippen LogP contribution in [0.15, 0.2) is 12.3 Å². The van der Waals surface area contributed by atoms with Crippen molar-refractivity contribution in [3.63, 3.8) is 0 Å². The summed E-state index contributed by atoms with van der Waals surface area (Å²) in [4.78, 5) is 14.8. The van der Waals surface area contributed by atoms with E-state index in [0.717, 1.165) is 12.3 Å². The third-order valence-corrected chi connectivity index (χ3v) is 3.14. The van der Waals surface area contributed by atoms with Gasteiger partial charge in [-0.15, -0.1) is 0 Å². The summed E-state index contributed by atoms with van der Waals surface area (Å²) in [5, 5.41) is 11.9. The lowest BCUT2D eigenvalue weighted by molar-refractivity contribution is 0.0697. The molecule has 0 saturated carbocycles. The molecule has 0 bridgehead atoms. The number of aromatic carboxylic acids is 1. The number of hydrogen-bond acceptors (Lipinski definition) is 3. The summed E-state index contributed by atoms with van der Waals surface area (Å²) in [5.74, 6) is -1.30. The van der Waals surface area contributed by atoms with Crippen LogP contribution in [0.4, 0.5) is 10.2 Å². The molecule has 0 radical (unpaired) electrons. The zero-order valence-electron chi connectivity index (χ0n) is 11.1. The third-order valence-electron chi connectivity index (χ3n) is 3.14. The van der Waals surface area contributed by atoms with Gasteiger partial charge in [0.05, 0.1) is 6.20 Å². The van der Waals surface area contributed by atoms with Crippen LogP contribution in [0.5, 0.6) is 0 Å². The van der Waals surface area contributed by atoms with Crippen LogP contribution in [0, 0.1) is 17.2 Å². The van der Waals surface area contributed by atoms with Crippen molar-refractivity contribution in [1.29, 1.82) is 0 Å². The van der Waals surface area contributed by atoms with Gasteiger partial charge in [-0.25, -0.2) is 14.2 Å². The topological polar surface area (TPSA) is 62.2 Å². The number of halogens is 1. The molecule has 0 amide bonds. The van der Waals surface area contributed by atoms with Gasteiger partial charge in [0.15, 0.2) is 0 Å². The highest BCUT2D eigenvalue weighted by molar-refractivity contribution is 5.93. The van der Waals surface area contributed by atoms with Gasteiger partial charge in [-0.1, -0.05) is 27.7 Å². The maximum Gasteiger partial charge on any atom is 0.339 e. The second kappa shape index (κ2) is 5.33. The number of rotatable bonds is 4. The van der Waals surface area contributed by atoms with Crippen molar-refractivity contribution in [3.05, 3.63) is 23.6 Å². The second-order valence-corrected chi connectivity index (χ2v) is 5.50. The summed E-state index contributed by atoms with van der Waals surface area (Å²) in [6.07, 6.45) is 1.01. The Morgan fingerprint density at radius 2 is 2.17 bits per heavy atom. The zero-order valence-corrected chi connectivity index (χ0v) is 11.1. The molecule has 0 saturated heterocycles. The first-order valence-electron chi connectivity index (χ1n) is 5.84. The summed E-state index contributed by atoms with van der Waals surface area (Å²) >= 11 is 0. The van der Waals surface area contributed by atoms with E-state index in [9.17, 15) is 9.18 Å². The van der Waals surface area contributed by atoms with E-state index in [-0.39, 0.29) is 16.8 Å². The van der Waals surface area contributed by atoms with Gasteiger partial charge in [0.25, 0.3) is 0 Å². The van der Waals surface area contributed by atoms with Gasteiger partial charge in [-0.05, 0) is 17.4 Å². The number of pyridine rings is 1.